The third-order valence-electron chi connectivity index (χ3n) is 3.27. The van der Waals surface area contributed by atoms with Crippen LogP contribution in [0.4, 0.5) is 5.69 Å². The molecule has 0 amide bonds. The minimum Gasteiger partial charge on any atom is -0.370 e. The summed E-state index contributed by atoms with van der Waals surface area (Å²) in [5.74, 6) is 0.940. The molecule has 21 heavy (non-hydrogen) atoms. The van der Waals surface area contributed by atoms with Gasteiger partial charge < -0.3 is 11.1 Å². The summed E-state index contributed by atoms with van der Waals surface area (Å²) >= 11 is 0. The second-order valence-corrected chi connectivity index (χ2v) is 5.44. The van der Waals surface area contributed by atoms with Crippen LogP contribution in [0.15, 0.2) is 41.7 Å². The highest BCUT2D eigenvalue weighted by Gasteiger charge is 2.01. The van der Waals surface area contributed by atoms with Gasteiger partial charge in [-0.1, -0.05) is 26.0 Å². The fraction of sp³-hybridized carbons (Fsp3) is 0.375. The smallest absolute Gasteiger partial charge is 0.193 e. The second kappa shape index (κ2) is 6.92. The Morgan fingerprint density at radius 2 is 2.24 bits per heavy atom. The number of benzene rings is 1. The molecule has 0 saturated carbocycles. The van der Waals surface area contributed by atoms with Gasteiger partial charge in [0.1, 0.15) is 0 Å². The minimum atomic E-state index is 0.444. The molecule has 0 unspecified atom stereocenters. The normalized spacial score (nSPS) is 11.9. The Balaban J connectivity index is 1.89. The van der Waals surface area contributed by atoms with Gasteiger partial charge in [0, 0.05) is 25.5 Å². The Morgan fingerprint density at radius 1 is 1.43 bits per heavy atom. The van der Waals surface area contributed by atoms with Crippen molar-refractivity contribution in [1.82, 2.24) is 9.78 Å². The van der Waals surface area contributed by atoms with Crippen LogP contribution in [-0.2, 0) is 13.5 Å². The molecule has 0 saturated heterocycles. The van der Waals surface area contributed by atoms with Gasteiger partial charge in [0.2, 0.25) is 0 Å². The summed E-state index contributed by atoms with van der Waals surface area (Å²) in [7, 11) is 1.91. The first-order chi connectivity index (χ1) is 10.0. The van der Waals surface area contributed by atoms with Crippen molar-refractivity contribution >= 4 is 11.6 Å². The molecule has 112 valence electrons. The SMILES string of the molecule is CC(C)c1cccc(NC(N)=NCCc2cnn(C)c2)c1. The van der Waals surface area contributed by atoms with Crippen LogP contribution in [0.2, 0.25) is 0 Å². The van der Waals surface area contributed by atoms with Crippen LogP contribution in [0.5, 0.6) is 0 Å². The molecule has 2 rings (SSSR count). The van der Waals surface area contributed by atoms with E-state index in [4.69, 9.17) is 5.73 Å². The molecule has 0 aliphatic heterocycles. The average Bonchev–Trinajstić information content (AvgIpc) is 2.84. The Morgan fingerprint density at radius 3 is 2.90 bits per heavy atom. The maximum atomic E-state index is 5.92. The van der Waals surface area contributed by atoms with Gasteiger partial charge in [-0.25, -0.2) is 0 Å². The van der Waals surface area contributed by atoms with E-state index in [9.17, 15) is 0 Å². The molecule has 0 fully saturated rings. The number of aromatic nitrogens is 2. The first kappa shape index (κ1) is 15.1. The van der Waals surface area contributed by atoms with Crippen molar-refractivity contribution in [3.05, 3.63) is 47.8 Å². The lowest BCUT2D eigenvalue weighted by atomic mass is 10.0. The van der Waals surface area contributed by atoms with Crippen LogP contribution in [0.25, 0.3) is 0 Å². The summed E-state index contributed by atoms with van der Waals surface area (Å²) in [6.45, 7) is 4.99. The van der Waals surface area contributed by atoms with Crippen molar-refractivity contribution in [3.8, 4) is 0 Å². The van der Waals surface area contributed by atoms with Crippen LogP contribution in [0, 0.1) is 0 Å². The lowest BCUT2D eigenvalue weighted by molar-refractivity contribution is 0.766. The number of hydrogen-bond donors (Lipinski definition) is 2. The third-order valence-corrected chi connectivity index (χ3v) is 3.27. The fourth-order valence-corrected chi connectivity index (χ4v) is 2.07. The molecule has 2 aromatic rings. The summed E-state index contributed by atoms with van der Waals surface area (Å²) in [4.78, 5) is 4.34. The van der Waals surface area contributed by atoms with Crippen molar-refractivity contribution in [2.75, 3.05) is 11.9 Å². The highest BCUT2D eigenvalue weighted by molar-refractivity contribution is 5.92. The number of aliphatic imine (C=N–C) groups is 1. The zero-order chi connectivity index (χ0) is 15.2. The monoisotopic (exact) mass is 285 g/mol. The van der Waals surface area contributed by atoms with E-state index < -0.39 is 0 Å². The van der Waals surface area contributed by atoms with Crippen LogP contribution in [0.1, 0.15) is 30.9 Å². The average molecular weight is 285 g/mol. The largest absolute Gasteiger partial charge is 0.370 e. The first-order valence-corrected chi connectivity index (χ1v) is 7.19. The van der Waals surface area contributed by atoms with Gasteiger partial charge in [0.15, 0.2) is 5.96 Å². The zero-order valence-electron chi connectivity index (χ0n) is 12.9. The summed E-state index contributed by atoms with van der Waals surface area (Å²) in [5, 5.41) is 7.27. The predicted molar refractivity (Wildman–Crippen MR) is 87.6 cm³/mol. The van der Waals surface area contributed by atoms with Gasteiger partial charge in [-0.15, -0.1) is 0 Å². The van der Waals surface area contributed by atoms with E-state index in [1.807, 2.05) is 31.6 Å². The zero-order valence-corrected chi connectivity index (χ0v) is 12.9. The van der Waals surface area contributed by atoms with Crippen molar-refractivity contribution in [1.29, 1.82) is 0 Å². The third kappa shape index (κ3) is 4.63. The van der Waals surface area contributed by atoms with Gasteiger partial charge in [0.25, 0.3) is 0 Å². The number of anilines is 1. The molecule has 5 nitrogen and oxygen atoms in total. The topological polar surface area (TPSA) is 68.2 Å². The number of guanidine groups is 1. The molecular formula is C16H23N5. The molecule has 0 spiro atoms. The fourth-order valence-electron chi connectivity index (χ4n) is 2.07. The van der Waals surface area contributed by atoms with E-state index >= 15 is 0 Å². The van der Waals surface area contributed by atoms with Crippen LogP contribution in [-0.4, -0.2) is 22.3 Å². The Kier molecular flexibility index (Phi) is 4.98. The molecule has 0 aliphatic carbocycles. The van der Waals surface area contributed by atoms with Gasteiger partial charge in [0.05, 0.1) is 6.20 Å². The molecule has 1 heterocycles. The van der Waals surface area contributed by atoms with Gasteiger partial charge in [-0.05, 0) is 35.6 Å². The summed E-state index contributed by atoms with van der Waals surface area (Å²) in [5.41, 5.74) is 9.34. The maximum absolute atomic E-state index is 5.92. The number of nitrogens with one attached hydrogen (secondary N) is 1. The van der Waals surface area contributed by atoms with Gasteiger partial charge >= 0.3 is 0 Å². The molecule has 0 aliphatic rings. The van der Waals surface area contributed by atoms with Gasteiger partial charge in [-0.3, -0.25) is 9.67 Å². The van der Waals surface area contributed by atoms with E-state index in [0.717, 1.165) is 17.7 Å². The molecule has 0 atom stereocenters. The maximum Gasteiger partial charge on any atom is 0.193 e. The van der Waals surface area contributed by atoms with Gasteiger partial charge in [-0.2, -0.15) is 5.10 Å². The summed E-state index contributed by atoms with van der Waals surface area (Å²) < 4.78 is 1.79. The van der Waals surface area contributed by atoms with Crippen LogP contribution < -0.4 is 11.1 Å². The highest BCUT2D eigenvalue weighted by atomic mass is 15.2. The number of nitrogens with two attached hydrogens (primary N) is 1. The van der Waals surface area contributed by atoms with E-state index in [2.05, 4.69) is 41.4 Å². The Bertz CT molecular complexity index is 613. The molecule has 1 aromatic carbocycles. The highest BCUT2D eigenvalue weighted by Crippen LogP contribution is 2.18. The number of rotatable bonds is 5. The molecule has 5 heteroatoms. The Labute approximate surface area is 125 Å². The molecule has 0 bridgehead atoms. The molecular weight excluding hydrogens is 262 g/mol. The molecule has 0 radical (unpaired) electrons. The summed E-state index contributed by atoms with van der Waals surface area (Å²) in [6.07, 6.45) is 4.68. The quantitative estimate of drug-likeness (QED) is 0.655. The van der Waals surface area contributed by atoms with Crippen molar-refractivity contribution < 1.29 is 0 Å². The molecule has 3 N–H and O–H groups in total. The second-order valence-electron chi connectivity index (χ2n) is 5.44. The first-order valence-electron chi connectivity index (χ1n) is 7.19. The van der Waals surface area contributed by atoms with E-state index in [1.165, 1.54) is 5.56 Å². The van der Waals surface area contributed by atoms with Crippen LogP contribution in [0.3, 0.4) is 0 Å². The minimum absolute atomic E-state index is 0.444. The summed E-state index contributed by atoms with van der Waals surface area (Å²) in [6, 6.07) is 8.25. The lowest BCUT2D eigenvalue weighted by Crippen LogP contribution is -2.23. The molecule has 1 aromatic heterocycles. The van der Waals surface area contributed by atoms with Crippen molar-refractivity contribution in [2.24, 2.45) is 17.8 Å². The lowest BCUT2D eigenvalue weighted by Gasteiger charge is -2.09. The van der Waals surface area contributed by atoms with Crippen molar-refractivity contribution in [3.63, 3.8) is 0 Å². The number of nitrogens with zero attached hydrogens (tertiary/aromatic N) is 3. The van der Waals surface area contributed by atoms with Crippen LogP contribution >= 0.6 is 0 Å². The Hall–Kier alpha value is -2.30. The predicted octanol–water partition coefficient (Wildman–Crippen LogP) is 2.51. The van der Waals surface area contributed by atoms with Crippen molar-refractivity contribution in [2.45, 2.75) is 26.2 Å². The van der Waals surface area contributed by atoms with E-state index in [1.54, 1.807) is 4.68 Å². The van der Waals surface area contributed by atoms with E-state index in [-0.39, 0.29) is 0 Å². The number of hydrogen-bond acceptors (Lipinski definition) is 2. The number of aryl methyl sites for hydroxylation is 1. The standard InChI is InChI=1S/C16H23N5/c1-12(2)14-5-4-6-15(9-14)20-16(17)18-8-7-13-10-19-21(3)11-13/h4-6,9-12H,7-8H2,1-3H3,(H3,17,18,20). The van der Waals surface area contributed by atoms with E-state index in [0.29, 0.717) is 18.4 Å².